The van der Waals surface area contributed by atoms with Gasteiger partial charge in [-0.05, 0) is 45.4 Å². The van der Waals surface area contributed by atoms with Crippen LogP contribution in [0.1, 0.15) is 24.7 Å². The van der Waals surface area contributed by atoms with Gasteiger partial charge in [-0.1, -0.05) is 12.1 Å². The number of para-hydroxylation sites is 2. The summed E-state index contributed by atoms with van der Waals surface area (Å²) in [5, 5.41) is 7.41. The van der Waals surface area contributed by atoms with Gasteiger partial charge in [0.25, 0.3) is 0 Å². The van der Waals surface area contributed by atoms with E-state index in [1.54, 1.807) is 9.58 Å². The standard InChI is InChI=1S/C18H24N4O3S/c1-4-21(15-9-10-26(24,25)12-15)18(23)19-16-7-5-6-8-17(16)22-14(3)11-13(2)20-22/h5-8,11,15H,4,9-10,12H2,1-3H3,(H,19,23). The first-order chi connectivity index (χ1) is 12.3. The van der Waals surface area contributed by atoms with Crippen molar-refractivity contribution < 1.29 is 13.2 Å². The minimum absolute atomic E-state index is 0.0351. The summed E-state index contributed by atoms with van der Waals surface area (Å²) in [4.78, 5) is 14.4. The normalized spacial score (nSPS) is 18.7. The van der Waals surface area contributed by atoms with E-state index in [0.717, 1.165) is 17.1 Å². The molecule has 1 atom stereocenters. The Morgan fingerprint density at radius 3 is 2.65 bits per heavy atom. The first-order valence-corrected chi connectivity index (χ1v) is 10.5. The summed E-state index contributed by atoms with van der Waals surface area (Å²) in [6.45, 7) is 6.19. The molecule has 3 rings (SSSR count). The van der Waals surface area contributed by atoms with Gasteiger partial charge in [-0.15, -0.1) is 0 Å². The molecule has 2 aromatic rings. The summed E-state index contributed by atoms with van der Waals surface area (Å²) in [6.07, 6.45) is 0.489. The largest absolute Gasteiger partial charge is 0.322 e. The minimum Gasteiger partial charge on any atom is -0.321 e. The molecule has 1 aromatic carbocycles. The number of aryl methyl sites for hydroxylation is 2. The number of hydrogen-bond donors (Lipinski definition) is 1. The van der Waals surface area contributed by atoms with Crippen LogP contribution in [-0.2, 0) is 9.84 Å². The lowest BCUT2D eigenvalue weighted by atomic mass is 10.2. The van der Waals surface area contributed by atoms with Crippen molar-refractivity contribution in [3.63, 3.8) is 0 Å². The fraction of sp³-hybridized carbons (Fsp3) is 0.444. The number of benzene rings is 1. The number of rotatable bonds is 4. The zero-order valence-electron chi connectivity index (χ0n) is 15.3. The van der Waals surface area contributed by atoms with E-state index in [1.807, 2.05) is 51.1 Å². The fourth-order valence-corrected chi connectivity index (χ4v) is 5.14. The van der Waals surface area contributed by atoms with Gasteiger partial charge in [-0.25, -0.2) is 17.9 Å². The van der Waals surface area contributed by atoms with Gasteiger partial charge < -0.3 is 10.2 Å². The van der Waals surface area contributed by atoms with Crippen LogP contribution in [0.15, 0.2) is 30.3 Å². The number of anilines is 1. The average molecular weight is 376 g/mol. The van der Waals surface area contributed by atoms with Gasteiger partial charge in [0.1, 0.15) is 0 Å². The van der Waals surface area contributed by atoms with Crippen molar-refractivity contribution in [3.8, 4) is 5.69 Å². The van der Waals surface area contributed by atoms with E-state index in [2.05, 4.69) is 10.4 Å². The van der Waals surface area contributed by atoms with Gasteiger partial charge in [0.05, 0.1) is 28.6 Å². The number of carbonyl (C=O) groups excluding carboxylic acids is 1. The quantitative estimate of drug-likeness (QED) is 0.889. The molecular weight excluding hydrogens is 352 g/mol. The number of amides is 2. The highest BCUT2D eigenvalue weighted by atomic mass is 32.2. The topological polar surface area (TPSA) is 84.3 Å². The minimum atomic E-state index is -3.05. The van der Waals surface area contributed by atoms with E-state index >= 15 is 0 Å². The summed E-state index contributed by atoms with van der Waals surface area (Å²) in [5.41, 5.74) is 3.29. The Balaban J connectivity index is 1.84. The Morgan fingerprint density at radius 1 is 1.35 bits per heavy atom. The molecule has 0 aliphatic carbocycles. The fourth-order valence-electron chi connectivity index (χ4n) is 3.41. The molecule has 1 saturated heterocycles. The maximum atomic E-state index is 12.8. The van der Waals surface area contributed by atoms with Gasteiger partial charge in [-0.3, -0.25) is 0 Å². The third-order valence-electron chi connectivity index (χ3n) is 4.63. The van der Waals surface area contributed by atoms with Gasteiger partial charge in [-0.2, -0.15) is 5.10 Å². The molecule has 0 radical (unpaired) electrons. The monoisotopic (exact) mass is 376 g/mol. The van der Waals surface area contributed by atoms with E-state index in [-0.39, 0.29) is 23.6 Å². The predicted molar refractivity (Wildman–Crippen MR) is 101 cm³/mol. The molecule has 1 aliphatic heterocycles. The Hall–Kier alpha value is -2.35. The highest BCUT2D eigenvalue weighted by Crippen LogP contribution is 2.23. The number of nitrogens with zero attached hydrogens (tertiary/aromatic N) is 3. The molecule has 8 heteroatoms. The number of urea groups is 1. The van der Waals surface area contributed by atoms with Gasteiger partial charge in [0.2, 0.25) is 0 Å². The molecule has 1 aromatic heterocycles. The molecule has 140 valence electrons. The summed E-state index contributed by atoms with van der Waals surface area (Å²) >= 11 is 0. The zero-order valence-corrected chi connectivity index (χ0v) is 16.1. The van der Waals surface area contributed by atoms with Crippen LogP contribution in [0.3, 0.4) is 0 Å². The molecule has 0 spiro atoms. The van der Waals surface area contributed by atoms with E-state index in [4.69, 9.17) is 0 Å². The second-order valence-electron chi connectivity index (χ2n) is 6.63. The van der Waals surface area contributed by atoms with E-state index < -0.39 is 9.84 Å². The first-order valence-electron chi connectivity index (χ1n) is 8.71. The Bertz CT molecular complexity index is 920. The third kappa shape index (κ3) is 3.75. The smallest absolute Gasteiger partial charge is 0.321 e. The molecule has 1 unspecified atom stereocenters. The van der Waals surface area contributed by atoms with Crippen LogP contribution in [-0.4, -0.2) is 53.2 Å². The zero-order chi connectivity index (χ0) is 18.9. The second kappa shape index (κ2) is 7.11. The number of hydrogen-bond acceptors (Lipinski definition) is 4. The van der Waals surface area contributed by atoms with E-state index in [0.29, 0.717) is 18.7 Å². The average Bonchev–Trinajstić information content (AvgIpc) is 3.10. The maximum absolute atomic E-state index is 12.8. The molecule has 26 heavy (non-hydrogen) atoms. The number of nitrogens with one attached hydrogen (secondary N) is 1. The van der Waals surface area contributed by atoms with Crippen LogP contribution in [0.4, 0.5) is 10.5 Å². The lowest BCUT2D eigenvalue weighted by Gasteiger charge is -2.27. The highest BCUT2D eigenvalue weighted by Gasteiger charge is 2.34. The summed E-state index contributed by atoms with van der Waals surface area (Å²) in [5.74, 6) is 0.178. The van der Waals surface area contributed by atoms with E-state index in [9.17, 15) is 13.2 Å². The van der Waals surface area contributed by atoms with Crippen molar-refractivity contribution in [1.82, 2.24) is 14.7 Å². The molecule has 2 heterocycles. The molecule has 2 amide bonds. The van der Waals surface area contributed by atoms with Crippen molar-refractivity contribution in [2.45, 2.75) is 33.2 Å². The molecule has 1 N–H and O–H groups in total. The predicted octanol–water partition coefficient (Wildman–Crippen LogP) is 2.53. The first kappa shape index (κ1) is 18.4. The highest BCUT2D eigenvalue weighted by molar-refractivity contribution is 7.91. The van der Waals surface area contributed by atoms with Crippen LogP contribution in [0.2, 0.25) is 0 Å². The van der Waals surface area contributed by atoms with Crippen molar-refractivity contribution in [2.75, 3.05) is 23.4 Å². The molecule has 1 aliphatic rings. The summed E-state index contributed by atoms with van der Waals surface area (Å²) < 4.78 is 25.3. The molecular formula is C18H24N4O3S. The van der Waals surface area contributed by atoms with Gasteiger partial charge >= 0.3 is 6.03 Å². The number of sulfone groups is 1. The van der Waals surface area contributed by atoms with Gasteiger partial charge in [0.15, 0.2) is 9.84 Å². The lowest BCUT2D eigenvalue weighted by molar-refractivity contribution is 0.197. The van der Waals surface area contributed by atoms with Crippen LogP contribution in [0.5, 0.6) is 0 Å². The Labute approximate surface area is 153 Å². The maximum Gasteiger partial charge on any atom is 0.322 e. The third-order valence-corrected chi connectivity index (χ3v) is 6.38. The van der Waals surface area contributed by atoms with Crippen molar-refractivity contribution >= 4 is 21.6 Å². The van der Waals surface area contributed by atoms with Crippen LogP contribution < -0.4 is 5.32 Å². The van der Waals surface area contributed by atoms with Crippen molar-refractivity contribution in [1.29, 1.82) is 0 Å². The molecule has 7 nitrogen and oxygen atoms in total. The number of aromatic nitrogens is 2. The molecule has 0 saturated carbocycles. The molecule has 1 fully saturated rings. The summed E-state index contributed by atoms with van der Waals surface area (Å²) in [7, 11) is -3.05. The Morgan fingerprint density at radius 2 is 2.08 bits per heavy atom. The van der Waals surface area contributed by atoms with Crippen molar-refractivity contribution in [3.05, 3.63) is 41.7 Å². The second-order valence-corrected chi connectivity index (χ2v) is 8.86. The Kier molecular flexibility index (Phi) is 5.04. The number of carbonyl (C=O) groups is 1. The van der Waals surface area contributed by atoms with E-state index in [1.165, 1.54) is 0 Å². The molecule has 0 bridgehead atoms. The van der Waals surface area contributed by atoms with Crippen molar-refractivity contribution in [2.24, 2.45) is 0 Å². The van der Waals surface area contributed by atoms with Crippen LogP contribution >= 0.6 is 0 Å². The van der Waals surface area contributed by atoms with Crippen LogP contribution in [0.25, 0.3) is 5.69 Å². The SMILES string of the molecule is CCN(C(=O)Nc1ccccc1-n1nc(C)cc1C)C1CCS(=O)(=O)C1. The van der Waals surface area contributed by atoms with Crippen LogP contribution in [0, 0.1) is 13.8 Å². The lowest BCUT2D eigenvalue weighted by Crippen LogP contribution is -2.43. The van der Waals surface area contributed by atoms with Gasteiger partial charge in [0, 0.05) is 18.3 Å². The summed E-state index contributed by atoms with van der Waals surface area (Å²) in [6, 6.07) is 8.87.